The molecule has 3 amide bonds. The molecule has 0 spiro atoms. The molecule has 5 rings (SSSR count). The number of amides is 3. The molecule has 49 heavy (non-hydrogen) atoms. The number of rotatable bonds is 12. The van der Waals surface area contributed by atoms with E-state index in [0.717, 1.165) is 47.4 Å². The number of carbonyl (C=O) groups is 4. The number of esters is 1. The van der Waals surface area contributed by atoms with E-state index in [1.54, 1.807) is 79.9 Å². The van der Waals surface area contributed by atoms with Gasteiger partial charge in [-0.2, -0.15) is 0 Å². The zero-order valence-corrected chi connectivity index (χ0v) is 29.3. The fraction of sp³-hybridized carbons (Fsp3) is 0.263. The average Bonchev–Trinajstić information content (AvgIpc) is 3.29. The summed E-state index contributed by atoms with van der Waals surface area (Å²) in [5.74, 6) is -0.913. The van der Waals surface area contributed by atoms with E-state index >= 15 is 0 Å². The van der Waals surface area contributed by atoms with Gasteiger partial charge in [0.15, 0.2) is 0 Å². The standard InChI is InChI=1S/C38H39N3O6S2/c1-4-31(36(44)41-37-33(38(45)47-3)29-16-9-6-10-17-32(29)49-37)48-28-15-11-14-26(23-28)39-35(43)30(22-24-18-20-27(46-2)21-19-24)40-34(42)25-12-7-5-8-13-25/h5,7-8,11-15,18-23,31H,4,6,9-10,16-17H2,1-3H3,(H,39,43)(H,40,42)(H,41,44)/b30-22+. The van der Waals surface area contributed by atoms with E-state index in [0.29, 0.717) is 39.5 Å². The molecule has 0 bridgehead atoms. The van der Waals surface area contributed by atoms with Crippen LogP contribution >= 0.6 is 23.1 Å². The Balaban J connectivity index is 1.32. The van der Waals surface area contributed by atoms with Gasteiger partial charge in [0.1, 0.15) is 16.4 Å². The van der Waals surface area contributed by atoms with Gasteiger partial charge >= 0.3 is 5.97 Å². The van der Waals surface area contributed by atoms with Gasteiger partial charge in [0.25, 0.3) is 11.8 Å². The first-order valence-corrected chi connectivity index (χ1v) is 17.8. The molecule has 1 aliphatic rings. The van der Waals surface area contributed by atoms with Gasteiger partial charge in [0.2, 0.25) is 5.91 Å². The number of hydrogen-bond acceptors (Lipinski definition) is 8. The summed E-state index contributed by atoms with van der Waals surface area (Å²) in [7, 11) is 2.93. The second-order valence-corrected chi connectivity index (χ2v) is 13.8. The van der Waals surface area contributed by atoms with E-state index in [1.807, 2.05) is 19.1 Å². The Kier molecular flexibility index (Phi) is 12.3. The number of nitrogens with one attached hydrogen (secondary N) is 3. The fourth-order valence-electron chi connectivity index (χ4n) is 5.48. The lowest BCUT2D eigenvalue weighted by molar-refractivity contribution is -0.116. The molecule has 4 aromatic rings. The van der Waals surface area contributed by atoms with Crippen LogP contribution in [0.1, 0.15) is 69.3 Å². The lowest BCUT2D eigenvalue weighted by Gasteiger charge is -2.16. The van der Waals surface area contributed by atoms with E-state index in [1.165, 1.54) is 30.2 Å². The van der Waals surface area contributed by atoms with Crippen molar-refractivity contribution in [2.75, 3.05) is 24.9 Å². The summed E-state index contributed by atoms with van der Waals surface area (Å²) < 4.78 is 10.3. The van der Waals surface area contributed by atoms with Crippen LogP contribution < -0.4 is 20.7 Å². The second-order valence-electron chi connectivity index (χ2n) is 11.4. The third-order valence-corrected chi connectivity index (χ3v) is 10.6. The van der Waals surface area contributed by atoms with Crippen LogP contribution in [0, 0.1) is 0 Å². The molecule has 1 heterocycles. The third-order valence-electron chi connectivity index (χ3n) is 8.04. The lowest BCUT2D eigenvalue weighted by Crippen LogP contribution is -2.30. The van der Waals surface area contributed by atoms with Crippen molar-refractivity contribution in [2.45, 2.75) is 55.6 Å². The second kappa shape index (κ2) is 17.0. The maximum atomic E-state index is 13.6. The largest absolute Gasteiger partial charge is 0.497 e. The highest BCUT2D eigenvalue weighted by Gasteiger charge is 2.28. The molecule has 0 saturated carbocycles. The van der Waals surface area contributed by atoms with Crippen LogP contribution in [-0.2, 0) is 27.2 Å². The van der Waals surface area contributed by atoms with Crippen LogP contribution in [0.25, 0.3) is 6.08 Å². The SMILES string of the molecule is CCC(Sc1cccc(NC(=O)/C(=C\c2ccc(OC)cc2)NC(=O)c2ccccc2)c1)C(=O)Nc1sc2c(c1C(=O)OC)CCCCC2. The topological polar surface area (TPSA) is 123 Å². The number of fused-ring (bicyclic) bond motifs is 1. The molecule has 1 aromatic heterocycles. The van der Waals surface area contributed by atoms with Crippen molar-refractivity contribution >= 4 is 63.6 Å². The third kappa shape index (κ3) is 9.18. The van der Waals surface area contributed by atoms with Gasteiger partial charge in [-0.15, -0.1) is 23.1 Å². The minimum absolute atomic E-state index is 0.0543. The van der Waals surface area contributed by atoms with Gasteiger partial charge in [-0.1, -0.05) is 49.7 Å². The van der Waals surface area contributed by atoms with Crippen molar-refractivity contribution in [3.63, 3.8) is 0 Å². The Morgan fingerprint density at radius 3 is 2.37 bits per heavy atom. The van der Waals surface area contributed by atoms with Crippen molar-refractivity contribution in [1.29, 1.82) is 0 Å². The van der Waals surface area contributed by atoms with Crippen LogP contribution in [0.15, 0.2) is 89.5 Å². The Morgan fingerprint density at radius 2 is 1.65 bits per heavy atom. The number of methoxy groups -OCH3 is 2. The van der Waals surface area contributed by atoms with Crippen molar-refractivity contribution < 1.29 is 28.7 Å². The number of aryl methyl sites for hydroxylation is 1. The van der Waals surface area contributed by atoms with E-state index < -0.39 is 23.0 Å². The molecule has 9 nitrogen and oxygen atoms in total. The molecule has 3 N–H and O–H groups in total. The van der Waals surface area contributed by atoms with E-state index in [9.17, 15) is 19.2 Å². The Labute approximate surface area is 294 Å². The molecule has 254 valence electrons. The predicted molar refractivity (Wildman–Crippen MR) is 195 cm³/mol. The smallest absolute Gasteiger partial charge is 0.341 e. The number of anilines is 2. The minimum atomic E-state index is -0.514. The average molecular weight is 698 g/mol. The monoisotopic (exact) mass is 697 g/mol. The molecule has 0 saturated heterocycles. The Hall–Kier alpha value is -4.87. The maximum Gasteiger partial charge on any atom is 0.341 e. The van der Waals surface area contributed by atoms with Gasteiger partial charge in [-0.05, 0) is 91.8 Å². The van der Waals surface area contributed by atoms with Gasteiger partial charge < -0.3 is 25.4 Å². The first-order chi connectivity index (χ1) is 23.8. The van der Waals surface area contributed by atoms with Crippen LogP contribution in [0.3, 0.4) is 0 Å². The lowest BCUT2D eigenvalue weighted by atomic mass is 10.1. The van der Waals surface area contributed by atoms with Gasteiger partial charge in [-0.3, -0.25) is 14.4 Å². The summed E-state index contributed by atoms with van der Waals surface area (Å²) in [5.41, 5.74) is 3.12. The fourth-order valence-corrected chi connectivity index (χ4v) is 7.78. The number of carbonyl (C=O) groups excluding carboxylic acids is 4. The first-order valence-electron chi connectivity index (χ1n) is 16.1. The minimum Gasteiger partial charge on any atom is -0.497 e. The van der Waals surface area contributed by atoms with E-state index in [4.69, 9.17) is 9.47 Å². The molecular weight excluding hydrogens is 659 g/mol. The van der Waals surface area contributed by atoms with Crippen molar-refractivity contribution in [1.82, 2.24) is 5.32 Å². The summed E-state index contributed by atoms with van der Waals surface area (Å²) in [5, 5.41) is 8.75. The van der Waals surface area contributed by atoms with Crippen LogP contribution in [0.2, 0.25) is 0 Å². The number of hydrogen-bond donors (Lipinski definition) is 3. The summed E-state index contributed by atoms with van der Waals surface area (Å²) in [6, 6.07) is 23.0. The molecule has 0 radical (unpaired) electrons. The molecule has 0 fully saturated rings. The number of benzene rings is 3. The number of thiophene rings is 1. The molecule has 11 heteroatoms. The molecule has 1 aliphatic carbocycles. The number of thioether (sulfide) groups is 1. The van der Waals surface area contributed by atoms with Crippen molar-refractivity contribution in [3.05, 3.63) is 112 Å². The van der Waals surface area contributed by atoms with Crippen LogP contribution in [-0.4, -0.2) is 43.2 Å². The predicted octanol–water partition coefficient (Wildman–Crippen LogP) is 7.73. The number of ether oxygens (including phenoxy) is 2. The van der Waals surface area contributed by atoms with Crippen LogP contribution in [0.5, 0.6) is 5.75 Å². The highest BCUT2D eigenvalue weighted by molar-refractivity contribution is 8.00. The summed E-state index contributed by atoms with van der Waals surface area (Å²) in [6.45, 7) is 1.93. The van der Waals surface area contributed by atoms with Crippen molar-refractivity contribution in [3.8, 4) is 5.75 Å². The zero-order chi connectivity index (χ0) is 34.8. The molecule has 1 atom stereocenters. The quantitative estimate of drug-likeness (QED) is 0.0599. The molecule has 1 unspecified atom stereocenters. The molecule has 3 aromatic carbocycles. The Morgan fingerprint density at radius 1 is 0.898 bits per heavy atom. The highest BCUT2D eigenvalue weighted by atomic mass is 32.2. The molecule has 0 aliphatic heterocycles. The highest BCUT2D eigenvalue weighted by Crippen LogP contribution is 2.39. The summed E-state index contributed by atoms with van der Waals surface area (Å²) in [6.07, 6.45) is 6.98. The molecular formula is C38H39N3O6S2. The maximum absolute atomic E-state index is 13.6. The van der Waals surface area contributed by atoms with Crippen molar-refractivity contribution in [2.24, 2.45) is 0 Å². The van der Waals surface area contributed by atoms with E-state index in [2.05, 4.69) is 16.0 Å². The van der Waals surface area contributed by atoms with Crippen LogP contribution in [0.4, 0.5) is 10.7 Å². The summed E-state index contributed by atoms with van der Waals surface area (Å²) >= 11 is 2.83. The Bertz CT molecular complexity index is 1840. The zero-order valence-electron chi connectivity index (χ0n) is 27.7. The van der Waals surface area contributed by atoms with Gasteiger partial charge in [0.05, 0.1) is 25.0 Å². The van der Waals surface area contributed by atoms with Gasteiger partial charge in [-0.25, -0.2) is 4.79 Å². The first kappa shape index (κ1) is 35.4. The summed E-state index contributed by atoms with van der Waals surface area (Å²) in [4.78, 5) is 54.9. The normalized spacial score (nSPS) is 13.3. The van der Waals surface area contributed by atoms with Gasteiger partial charge in [0, 0.05) is 21.0 Å². The van der Waals surface area contributed by atoms with E-state index in [-0.39, 0.29) is 11.6 Å².